The van der Waals surface area contributed by atoms with Crippen molar-refractivity contribution in [2.45, 2.75) is 19.3 Å². The summed E-state index contributed by atoms with van der Waals surface area (Å²) < 4.78 is 0. The zero-order chi connectivity index (χ0) is 16.2. The number of rotatable bonds is 5. The lowest BCUT2D eigenvalue weighted by atomic mass is 10.1. The van der Waals surface area contributed by atoms with Gasteiger partial charge in [0.2, 0.25) is 0 Å². The molecule has 5 heteroatoms. The van der Waals surface area contributed by atoms with Gasteiger partial charge in [0.25, 0.3) is 0 Å². The lowest BCUT2D eigenvalue weighted by Gasteiger charge is -2.19. The van der Waals surface area contributed by atoms with Crippen LogP contribution in [-0.4, -0.2) is 42.7 Å². The third-order valence-electron chi connectivity index (χ3n) is 5.06. The van der Waals surface area contributed by atoms with E-state index in [1.807, 2.05) is 0 Å². The summed E-state index contributed by atoms with van der Waals surface area (Å²) in [6.07, 6.45) is 5.45. The fraction of sp³-hybridized carbons (Fsp3) is 0.474. The van der Waals surface area contributed by atoms with E-state index in [0.717, 1.165) is 44.4 Å². The summed E-state index contributed by atoms with van der Waals surface area (Å²) in [7, 11) is 0. The fourth-order valence-corrected chi connectivity index (χ4v) is 3.68. The summed E-state index contributed by atoms with van der Waals surface area (Å²) in [6, 6.07) is 12.8. The molecule has 24 heavy (non-hydrogen) atoms. The Morgan fingerprint density at radius 2 is 1.83 bits per heavy atom. The number of para-hydroxylation sites is 1. The second-order valence-corrected chi connectivity index (χ2v) is 6.77. The minimum absolute atomic E-state index is 0.662. The average Bonchev–Trinajstić information content (AvgIpc) is 3.33. The molecule has 0 bridgehead atoms. The monoisotopic (exact) mass is 323 g/mol. The normalized spacial score (nSPS) is 20.6. The molecule has 1 aromatic carbocycles. The Balaban J connectivity index is 1.32. The van der Waals surface area contributed by atoms with Crippen LogP contribution in [-0.2, 0) is 0 Å². The minimum Gasteiger partial charge on any atom is -0.371 e. The second-order valence-electron chi connectivity index (χ2n) is 6.77. The first-order valence-electron chi connectivity index (χ1n) is 8.99. The number of anilines is 3. The summed E-state index contributed by atoms with van der Waals surface area (Å²) in [6.45, 7) is 5.45. The van der Waals surface area contributed by atoms with Gasteiger partial charge in [-0.1, -0.05) is 18.2 Å². The van der Waals surface area contributed by atoms with E-state index in [-0.39, 0.29) is 0 Å². The molecule has 1 unspecified atom stereocenters. The van der Waals surface area contributed by atoms with Crippen molar-refractivity contribution in [3.05, 3.63) is 42.7 Å². The quantitative estimate of drug-likeness (QED) is 0.916. The Kier molecular flexibility index (Phi) is 4.49. The minimum atomic E-state index is 0.662. The smallest absolute Gasteiger partial charge is 0.134 e. The van der Waals surface area contributed by atoms with Crippen molar-refractivity contribution in [3.63, 3.8) is 0 Å². The molecule has 126 valence electrons. The van der Waals surface area contributed by atoms with E-state index in [1.54, 1.807) is 6.33 Å². The number of benzene rings is 1. The van der Waals surface area contributed by atoms with Crippen LogP contribution in [0.4, 0.5) is 17.3 Å². The maximum Gasteiger partial charge on any atom is 0.134 e. The van der Waals surface area contributed by atoms with Crippen LogP contribution in [0.5, 0.6) is 0 Å². The van der Waals surface area contributed by atoms with Crippen molar-refractivity contribution in [2.24, 2.45) is 5.92 Å². The molecular formula is C19H25N5. The van der Waals surface area contributed by atoms with E-state index < -0.39 is 0 Å². The van der Waals surface area contributed by atoms with Crippen molar-refractivity contribution in [1.82, 2.24) is 9.97 Å². The van der Waals surface area contributed by atoms with Crippen molar-refractivity contribution in [2.75, 3.05) is 47.8 Å². The van der Waals surface area contributed by atoms with Gasteiger partial charge in [0, 0.05) is 44.5 Å². The first-order valence-corrected chi connectivity index (χ1v) is 8.99. The second kappa shape index (κ2) is 7.07. The van der Waals surface area contributed by atoms with Gasteiger partial charge in [0.05, 0.1) is 0 Å². The molecule has 0 spiro atoms. The standard InChI is InChI=1S/C19H25N5/c1-2-6-17(7-3-1)24-11-8-16(14-24)13-20-18-12-19(22-15-21-18)23-9-4-5-10-23/h1-3,6-7,12,15-16H,4-5,8-11,13-14H2,(H,20,21,22). The van der Waals surface area contributed by atoms with E-state index in [2.05, 4.69) is 61.5 Å². The molecule has 0 radical (unpaired) electrons. The van der Waals surface area contributed by atoms with Crippen LogP contribution in [0.2, 0.25) is 0 Å². The van der Waals surface area contributed by atoms with E-state index in [9.17, 15) is 0 Å². The molecule has 3 heterocycles. The number of nitrogens with zero attached hydrogens (tertiary/aromatic N) is 4. The van der Waals surface area contributed by atoms with Crippen LogP contribution in [0, 0.1) is 5.92 Å². The Labute approximate surface area is 143 Å². The number of nitrogens with one attached hydrogen (secondary N) is 1. The van der Waals surface area contributed by atoms with Gasteiger partial charge in [-0.3, -0.25) is 0 Å². The van der Waals surface area contributed by atoms with Crippen LogP contribution >= 0.6 is 0 Å². The first-order chi connectivity index (χ1) is 11.9. The van der Waals surface area contributed by atoms with E-state index in [0.29, 0.717) is 5.92 Å². The van der Waals surface area contributed by atoms with Gasteiger partial charge in [-0.15, -0.1) is 0 Å². The lowest BCUT2D eigenvalue weighted by molar-refractivity contribution is 0.621. The molecule has 1 atom stereocenters. The highest BCUT2D eigenvalue weighted by Gasteiger charge is 2.22. The molecule has 1 aromatic heterocycles. The SMILES string of the molecule is c1ccc(N2CCC(CNc3cc(N4CCCC4)ncn3)C2)cc1. The maximum absolute atomic E-state index is 4.42. The zero-order valence-electron chi connectivity index (χ0n) is 14.1. The van der Waals surface area contributed by atoms with Crippen molar-refractivity contribution in [3.8, 4) is 0 Å². The van der Waals surface area contributed by atoms with Gasteiger partial charge in [-0.2, -0.15) is 0 Å². The van der Waals surface area contributed by atoms with Gasteiger partial charge in [-0.05, 0) is 37.3 Å². The number of hydrogen-bond donors (Lipinski definition) is 1. The third-order valence-corrected chi connectivity index (χ3v) is 5.06. The summed E-state index contributed by atoms with van der Waals surface area (Å²) in [4.78, 5) is 13.6. The predicted molar refractivity (Wildman–Crippen MR) is 98.7 cm³/mol. The average molecular weight is 323 g/mol. The number of hydrogen-bond acceptors (Lipinski definition) is 5. The van der Waals surface area contributed by atoms with Crippen LogP contribution in [0.1, 0.15) is 19.3 Å². The van der Waals surface area contributed by atoms with Crippen LogP contribution in [0.25, 0.3) is 0 Å². The van der Waals surface area contributed by atoms with Crippen LogP contribution < -0.4 is 15.1 Å². The lowest BCUT2D eigenvalue weighted by Crippen LogP contribution is -2.23. The highest BCUT2D eigenvalue weighted by Crippen LogP contribution is 2.24. The molecule has 0 saturated carbocycles. The molecule has 4 rings (SSSR count). The molecule has 2 fully saturated rings. The highest BCUT2D eigenvalue weighted by molar-refractivity contribution is 5.49. The van der Waals surface area contributed by atoms with Gasteiger partial charge < -0.3 is 15.1 Å². The number of aromatic nitrogens is 2. The fourth-order valence-electron chi connectivity index (χ4n) is 3.68. The molecule has 2 aliphatic rings. The molecule has 2 saturated heterocycles. The highest BCUT2D eigenvalue weighted by atomic mass is 15.2. The maximum atomic E-state index is 4.42. The Hall–Kier alpha value is -2.30. The van der Waals surface area contributed by atoms with Crippen molar-refractivity contribution in [1.29, 1.82) is 0 Å². The summed E-state index contributed by atoms with van der Waals surface area (Å²) in [5.74, 6) is 2.67. The molecule has 2 aromatic rings. The Morgan fingerprint density at radius 3 is 2.67 bits per heavy atom. The van der Waals surface area contributed by atoms with Crippen molar-refractivity contribution < 1.29 is 0 Å². The summed E-state index contributed by atoms with van der Waals surface area (Å²) >= 11 is 0. The molecule has 1 N–H and O–H groups in total. The van der Waals surface area contributed by atoms with E-state index in [1.165, 1.54) is 24.9 Å². The Morgan fingerprint density at radius 1 is 1.00 bits per heavy atom. The molecule has 0 amide bonds. The third kappa shape index (κ3) is 3.45. The molecule has 5 nitrogen and oxygen atoms in total. The van der Waals surface area contributed by atoms with Gasteiger partial charge >= 0.3 is 0 Å². The first kappa shape index (κ1) is 15.2. The topological polar surface area (TPSA) is 44.3 Å². The molecule has 0 aliphatic carbocycles. The van der Waals surface area contributed by atoms with Crippen LogP contribution in [0.15, 0.2) is 42.7 Å². The molecular weight excluding hydrogens is 298 g/mol. The zero-order valence-corrected chi connectivity index (χ0v) is 14.1. The van der Waals surface area contributed by atoms with Gasteiger partial charge in [0.15, 0.2) is 0 Å². The van der Waals surface area contributed by atoms with Gasteiger partial charge in [-0.25, -0.2) is 9.97 Å². The van der Waals surface area contributed by atoms with Crippen molar-refractivity contribution >= 4 is 17.3 Å². The van der Waals surface area contributed by atoms with Gasteiger partial charge in [0.1, 0.15) is 18.0 Å². The molecule has 2 aliphatic heterocycles. The predicted octanol–water partition coefficient (Wildman–Crippen LogP) is 3.02. The van der Waals surface area contributed by atoms with Crippen LogP contribution in [0.3, 0.4) is 0 Å². The largest absolute Gasteiger partial charge is 0.371 e. The van der Waals surface area contributed by atoms with E-state index in [4.69, 9.17) is 0 Å². The summed E-state index contributed by atoms with van der Waals surface area (Å²) in [5, 5.41) is 3.52. The summed E-state index contributed by atoms with van der Waals surface area (Å²) in [5.41, 5.74) is 1.33. The Bertz CT molecular complexity index is 654. The van der Waals surface area contributed by atoms with E-state index >= 15 is 0 Å².